The molecule has 4 saturated heterocycles. The molecule has 0 aromatic heterocycles. The minimum absolute atomic E-state index is 0.134. The lowest BCUT2D eigenvalue weighted by Crippen LogP contribution is -2.70. The molecule has 5 aliphatic rings. The van der Waals surface area contributed by atoms with E-state index in [-0.39, 0.29) is 17.8 Å². The molecule has 31 heavy (non-hydrogen) atoms. The summed E-state index contributed by atoms with van der Waals surface area (Å²) < 4.78 is 23.8. The second-order valence-electron chi connectivity index (χ2n) is 9.77. The summed E-state index contributed by atoms with van der Waals surface area (Å²) in [7, 11) is 1.38. The van der Waals surface area contributed by atoms with E-state index in [1.807, 2.05) is 19.1 Å². The van der Waals surface area contributed by atoms with Crippen molar-refractivity contribution in [2.75, 3.05) is 7.11 Å². The molecule has 7 nitrogen and oxygen atoms in total. The van der Waals surface area contributed by atoms with Crippen LogP contribution in [0.2, 0.25) is 0 Å². The Hall–Kier alpha value is -1.51. The van der Waals surface area contributed by atoms with Crippen molar-refractivity contribution in [2.24, 2.45) is 23.7 Å². The van der Waals surface area contributed by atoms with Crippen LogP contribution in [0.5, 0.6) is 0 Å². The Morgan fingerprint density at radius 1 is 1.10 bits per heavy atom. The quantitative estimate of drug-likeness (QED) is 0.522. The van der Waals surface area contributed by atoms with Crippen LogP contribution < -0.4 is 0 Å². The predicted octanol–water partition coefficient (Wildman–Crippen LogP) is 4.20. The summed E-state index contributed by atoms with van der Waals surface area (Å²) in [4.78, 5) is 23.7. The van der Waals surface area contributed by atoms with Gasteiger partial charge in [0.15, 0.2) is 18.2 Å². The molecule has 5 fully saturated rings. The standard InChI is InChI=1S/C24H32O7/c1-14-5-10-19-15(2)21(27-13-16-6-8-17(9-7-16)20(25)26-4)28-22-24(19)18(14)11-12-23(3,29-22)30-31-24/h6-9,14-15,18-19,21-22H,5,10-13H2,1-4H3/t14-,15-,18+,19+,21+,22-,23-,24-/m1/s1. The van der Waals surface area contributed by atoms with Gasteiger partial charge in [0.1, 0.15) is 0 Å². The Bertz CT molecular complexity index is 826. The van der Waals surface area contributed by atoms with Gasteiger partial charge in [-0.3, -0.25) is 0 Å². The van der Waals surface area contributed by atoms with Gasteiger partial charge in [-0.25, -0.2) is 14.6 Å². The molecule has 170 valence electrons. The third kappa shape index (κ3) is 3.42. The third-order valence-corrected chi connectivity index (χ3v) is 7.89. The summed E-state index contributed by atoms with van der Waals surface area (Å²) in [5, 5.41) is 0. The van der Waals surface area contributed by atoms with E-state index in [0.29, 0.717) is 24.0 Å². The van der Waals surface area contributed by atoms with E-state index in [1.54, 1.807) is 12.1 Å². The minimum Gasteiger partial charge on any atom is -0.465 e. The summed E-state index contributed by atoms with van der Waals surface area (Å²) in [5.74, 6) is 0.117. The number of carbonyl (C=O) groups excluding carboxylic acids is 1. The fourth-order valence-corrected chi connectivity index (χ4v) is 6.10. The maximum atomic E-state index is 11.6. The molecule has 0 unspecified atom stereocenters. The lowest BCUT2D eigenvalue weighted by molar-refractivity contribution is -0.577. The third-order valence-electron chi connectivity index (χ3n) is 7.89. The topological polar surface area (TPSA) is 72.5 Å². The van der Waals surface area contributed by atoms with E-state index in [1.165, 1.54) is 7.11 Å². The Morgan fingerprint density at radius 2 is 1.87 bits per heavy atom. The van der Waals surface area contributed by atoms with Crippen LogP contribution in [0.3, 0.4) is 0 Å². The fraction of sp³-hybridized carbons (Fsp3) is 0.708. The van der Waals surface area contributed by atoms with Gasteiger partial charge in [0, 0.05) is 18.3 Å². The van der Waals surface area contributed by atoms with Crippen molar-refractivity contribution in [2.45, 2.75) is 77.0 Å². The van der Waals surface area contributed by atoms with Crippen molar-refractivity contribution < 1.29 is 33.5 Å². The van der Waals surface area contributed by atoms with Crippen LogP contribution in [0, 0.1) is 23.7 Å². The van der Waals surface area contributed by atoms with Gasteiger partial charge in [-0.1, -0.05) is 26.0 Å². The van der Waals surface area contributed by atoms with Crippen LogP contribution in [0.1, 0.15) is 62.4 Å². The summed E-state index contributed by atoms with van der Waals surface area (Å²) in [5.41, 5.74) is 0.912. The van der Waals surface area contributed by atoms with Crippen LogP contribution in [-0.4, -0.2) is 37.0 Å². The first-order valence-electron chi connectivity index (χ1n) is 11.4. The Balaban J connectivity index is 1.34. The van der Waals surface area contributed by atoms with E-state index < -0.39 is 24.0 Å². The van der Waals surface area contributed by atoms with Crippen molar-refractivity contribution in [1.82, 2.24) is 0 Å². The fourth-order valence-electron chi connectivity index (χ4n) is 6.10. The number of methoxy groups -OCH3 is 1. The average Bonchev–Trinajstić information content (AvgIpc) is 3.01. The highest BCUT2D eigenvalue weighted by atomic mass is 17.3. The number of fused-ring (bicyclic) bond motifs is 2. The smallest absolute Gasteiger partial charge is 0.337 e. The molecule has 4 heterocycles. The van der Waals surface area contributed by atoms with Crippen molar-refractivity contribution in [1.29, 1.82) is 0 Å². The first-order valence-corrected chi connectivity index (χ1v) is 11.4. The van der Waals surface area contributed by atoms with Crippen LogP contribution in [0.15, 0.2) is 24.3 Å². The van der Waals surface area contributed by atoms with Crippen LogP contribution in [0.25, 0.3) is 0 Å². The van der Waals surface area contributed by atoms with E-state index in [2.05, 4.69) is 13.8 Å². The summed E-state index contributed by atoms with van der Waals surface area (Å²) >= 11 is 0. The number of carbonyl (C=O) groups is 1. The van der Waals surface area contributed by atoms with Gasteiger partial charge in [0.2, 0.25) is 5.79 Å². The maximum absolute atomic E-state index is 11.6. The van der Waals surface area contributed by atoms with Gasteiger partial charge in [0.25, 0.3) is 0 Å². The van der Waals surface area contributed by atoms with Crippen molar-refractivity contribution >= 4 is 5.97 Å². The summed E-state index contributed by atoms with van der Waals surface area (Å²) in [6, 6.07) is 7.25. The van der Waals surface area contributed by atoms with Gasteiger partial charge in [-0.05, 0) is 55.7 Å². The van der Waals surface area contributed by atoms with E-state index in [9.17, 15) is 4.79 Å². The molecular formula is C24H32O7. The number of hydrogen-bond acceptors (Lipinski definition) is 7. The average molecular weight is 433 g/mol. The normalized spacial score (nSPS) is 43.7. The molecule has 1 aromatic rings. The SMILES string of the molecule is COC(=O)c1ccc(CO[C@H]2O[C@@H]3O[C@@]4(C)CC[C@H]5[C@H](C)CC[C@@H]([C@H]2C)[C@@]35OO4)cc1. The summed E-state index contributed by atoms with van der Waals surface area (Å²) in [6.45, 7) is 6.80. The summed E-state index contributed by atoms with van der Waals surface area (Å²) in [6.07, 6.45) is 3.10. The Morgan fingerprint density at radius 3 is 2.61 bits per heavy atom. The van der Waals surface area contributed by atoms with E-state index >= 15 is 0 Å². The molecule has 0 radical (unpaired) electrons. The number of hydrogen-bond donors (Lipinski definition) is 0. The molecule has 7 heteroatoms. The Labute approximate surface area is 183 Å². The molecule has 1 saturated carbocycles. The van der Waals surface area contributed by atoms with Gasteiger partial charge < -0.3 is 18.9 Å². The first-order chi connectivity index (χ1) is 14.9. The highest BCUT2D eigenvalue weighted by Gasteiger charge is 2.69. The van der Waals surface area contributed by atoms with Crippen LogP contribution in [0.4, 0.5) is 0 Å². The molecule has 4 aliphatic heterocycles. The number of rotatable bonds is 4. The lowest BCUT2D eigenvalue weighted by atomic mass is 9.58. The highest BCUT2D eigenvalue weighted by molar-refractivity contribution is 5.89. The number of esters is 1. The molecule has 8 atom stereocenters. The van der Waals surface area contributed by atoms with E-state index in [4.69, 9.17) is 28.7 Å². The van der Waals surface area contributed by atoms with Gasteiger partial charge in [-0.2, -0.15) is 0 Å². The molecular weight excluding hydrogens is 400 g/mol. The minimum atomic E-state index is -0.785. The van der Waals surface area contributed by atoms with Crippen LogP contribution in [-0.2, 0) is 35.3 Å². The second-order valence-corrected chi connectivity index (χ2v) is 9.77. The monoisotopic (exact) mass is 432 g/mol. The second kappa shape index (κ2) is 7.81. The molecule has 1 aliphatic carbocycles. The van der Waals surface area contributed by atoms with Gasteiger partial charge >= 0.3 is 5.97 Å². The lowest BCUT2D eigenvalue weighted by Gasteiger charge is -2.60. The number of benzene rings is 1. The predicted molar refractivity (Wildman–Crippen MR) is 109 cm³/mol. The highest BCUT2D eigenvalue weighted by Crippen LogP contribution is 2.60. The van der Waals surface area contributed by atoms with Gasteiger partial charge in [0.05, 0.1) is 19.3 Å². The molecule has 1 aromatic carbocycles. The van der Waals surface area contributed by atoms with Crippen molar-refractivity contribution in [3.05, 3.63) is 35.4 Å². The maximum Gasteiger partial charge on any atom is 0.337 e. The molecule has 6 rings (SSSR count). The molecule has 1 spiro atoms. The van der Waals surface area contributed by atoms with Crippen molar-refractivity contribution in [3.8, 4) is 0 Å². The zero-order valence-electron chi connectivity index (χ0n) is 18.7. The zero-order valence-corrected chi connectivity index (χ0v) is 18.7. The number of ether oxygens (including phenoxy) is 4. The van der Waals surface area contributed by atoms with Gasteiger partial charge in [-0.15, -0.1) is 0 Å². The Kier molecular flexibility index (Phi) is 5.38. The first kappa shape index (κ1) is 21.3. The zero-order chi connectivity index (χ0) is 21.8. The largest absolute Gasteiger partial charge is 0.465 e. The van der Waals surface area contributed by atoms with Crippen molar-refractivity contribution in [3.63, 3.8) is 0 Å². The molecule has 0 amide bonds. The van der Waals surface area contributed by atoms with E-state index in [0.717, 1.165) is 31.2 Å². The van der Waals surface area contributed by atoms with Crippen LogP contribution >= 0.6 is 0 Å². The molecule has 2 bridgehead atoms. The molecule has 0 N–H and O–H groups in total.